The largest absolute Gasteiger partial charge is 0.367 e. The van der Waals surface area contributed by atoms with Gasteiger partial charge in [-0.2, -0.15) is 5.26 Å². The molecular formula is C8H10N4. The van der Waals surface area contributed by atoms with Gasteiger partial charge in [-0.3, -0.25) is 4.98 Å². The molecule has 4 heteroatoms. The predicted molar refractivity (Wildman–Crippen MR) is 45.3 cm³/mol. The molecule has 0 saturated carbocycles. The van der Waals surface area contributed by atoms with Gasteiger partial charge in [0.25, 0.3) is 0 Å². The first-order chi connectivity index (χ1) is 5.83. The highest BCUT2D eigenvalue weighted by atomic mass is 15.0. The maximum absolute atomic E-state index is 8.49. The number of nitrogens with one attached hydrogen (secondary N) is 1. The molecule has 1 heterocycles. The van der Waals surface area contributed by atoms with E-state index < -0.39 is 0 Å². The highest BCUT2D eigenvalue weighted by Gasteiger charge is 1.98. The second-order valence-corrected chi connectivity index (χ2v) is 2.50. The van der Waals surface area contributed by atoms with Gasteiger partial charge in [0.15, 0.2) is 0 Å². The van der Waals surface area contributed by atoms with Crippen molar-refractivity contribution in [3.63, 3.8) is 0 Å². The Kier molecular flexibility index (Phi) is 3.03. The Morgan fingerprint density at radius 3 is 3.08 bits per heavy atom. The van der Waals surface area contributed by atoms with E-state index in [0.717, 1.165) is 0 Å². The molecule has 1 rings (SSSR count). The van der Waals surface area contributed by atoms with Crippen LogP contribution in [-0.4, -0.2) is 16.5 Å². The molecular weight excluding hydrogens is 152 g/mol. The van der Waals surface area contributed by atoms with Crippen molar-refractivity contribution >= 4 is 5.82 Å². The van der Waals surface area contributed by atoms with E-state index in [0.29, 0.717) is 12.4 Å². The van der Waals surface area contributed by atoms with Gasteiger partial charge in [-0.1, -0.05) is 0 Å². The Balaban J connectivity index is 2.40. The Morgan fingerprint density at radius 1 is 1.67 bits per heavy atom. The van der Waals surface area contributed by atoms with Crippen LogP contribution < -0.4 is 5.32 Å². The fourth-order valence-electron chi connectivity index (χ4n) is 0.694. The molecule has 0 radical (unpaired) electrons. The van der Waals surface area contributed by atoms with Crippen LogP contribution in [0.4, 0.5) is 5.82 Å². The van der Waals surface area contributed by atoms with Gasteiger partial charge in [-0.25, -0.2) is 4.98 Å². The van der Waals surface area contributed by atoms with Crippen LogP contribution in [0.5, 0.6) is 0 Å². The van der Waals surface area contributed by atoms with Crippen molar-refractivity contribution in [2.75, 3.05) is 11.9 Å². The Morgan fingerprint density at radius 2 is 2.50 bits per heavy atom. The molecule has 0 bridgehead atoms. The van der Waals surface area contributed by atoms with Crippen LogP contribution in [-0.2, 0) is 0 Å². The van der Waals surface area contributed by atoms with Gasteiger partial charge in [0, 0.05) is 18.9 Å². The van der Waals surface area contributed by atoms with E-state index in [2.05, 4.69) is 21.4 Å². The average molecular weight is 162 g/mol. The number of hydrogen-bond donors (Lipinski definition) is 1. The molecule has 1 N–H and O–H groups in total. The van der Waals surface area contributed by atoms with Gasteiger partial charge in [0.05, 0.1) is 18.2 Å². The van der Waals surface area contributed by atoms with E-state index in [1.54, 1.807) is 18.6 Å². The lowest BCUT2D eigenvalue weighted by Crippen LogP contribution is -2.10. The van der Waals surface area contributed by atoms with E-state index in [1.807, 2.05) is 6.92 Å². The van der Waals surface area contributed by atoms with Gasteiger partial charge in [0.1, 0.15) is 5.82 Å². The number of hydrogen-bond acceptors (Lipinski definition) is 4. The predicted octanol–water partition coefficient (Wildman–Crippen LogP) is 1.05. The highest BCUT2D eigenvalue weighted by Crippen LogP contribution is 1.99. The van der Waals surface area contributed by atoms with Gasteiger partial charge >= 0.3 is 0 Å². The second kappa shape index (κ2) is 4.29. The lowest BCUT2D eigenvalue weighted by atomic mass is 10.2. The fourth-order valence-corrected chi connectivity index (χ4v) is 0.694. The molecule has 0 aromatic carbocycles. The molecule has 0 spiro atoms. The van der Waals surface area contributed by atoms with Crippen molar-refractivity contribution in [2.24, 2.45) is 5.92 Å². The summed E-state index contributed by atoms with van der Waals surface area (Å²) in [5.74, 6) is 0.701. The number of nitrogens with zero attached hydrogens (tertiary/aromatic N) is 3. The molecule has 1 aromatic rings. The number of anilines is 1. The van der Waals surface area contributed by atoms with Crippen molar-refractivity contribution in [1.82, 2.24) is 9.97 Å². The van der Waals surface area contributed by atoms with Crippen molar-refractivity contribution in [1.29, 1.82) is 5.26 Å². The Labute approximate surface area is 71.3 Å². The minimum Gasteiger partial charge on any atom is -0.367 e. The lowest BCUT2D eigenvalue weighted by Gasteiger charge is -2.04. The molecule has 1 unspecified atom stereocenters. The molecule has 0 amide bonds. The van der Waals surface area contributed by atoms with E-state index >= 15 is 0 Å². The minimum absolute atomic E-state index is 0.00740. The monoisotopic (exact) mass is 162 g/mol. The van der Waals surface area contributed by atoms with Crippen molar-refractivity contribution in [3.8, 4) is 6.07 Å². The summed E-state index contributed by atoms with van der Waals surface area (Å²) in [6.07, 6.45) is 4.85. The van der Waals surface area contributed by atoms with Crippen LogP contribution in [0.15, 0.2) is 18.6 Å². The third kappa shape index (κ3) is 2.54. The van der Waals surface area contributed by atoms with Gasteiger partial charge < -0.3 is 5.32 Å². The number of nitriles is 1. The topological polar surface area (TPSA) is 61.6 Å². The van der Waals surface area contributed by atoms with Crippen LogP contribution in [0.1, 0.15) is 6.92 Å². The molecule has 12 heavy (non-hydrogen) atoms. The first-order valence-corrected chi connectivity index (χ1v) is 3.72. The Bertz CT molecular complexity index is 264. The van der Waals surface area contributed by atoms with Crippen molar-refractivity contribution < 1.29 is 0 Å². The molecule has 4 nitrogen and oxygen atoms in total. The molecule has 62 valence electrons. The van der Waals surface area contributed by atoms with Crippen LogP contribution in [0.2, 0.25) is 0 Å². The molecule has 0 aliphatic heterocycles. The summed E-state index contributed by atoms with van der Waals surface area (Å²) in [5, 5.41) is 11.5. The van der Waals surface area contributed by atoms with Crippen LogP contribution in [0.3, 0.4) is 0 Å². The third-order valence-corrected chi connectivity index (χ3v) is 1.37. The maximum Gasteiger partial charge on any atom is 0.144 e. The second-order valence-electron chi connectivity index (χ2n) is 2.50. The SMILES string of the molecule is CC(C#N)CNc1cnccn1. The molecule has 0 aliphatic rings. The van der Waals surface area contributed by atoms with Gasteiger partial charge in [0.2, 0.25) is 0 Å². The summed E-state index contributed by atoms with van der Waals surface area (Å²) >= 11 is 0. The standard InChI is InChI=1S/C8H10N4/c1-7(4-9)5-12-8-6-10-2-3-11-8/h2-3,6-7H,5H2,1H3,(H,11,12). The summed E-state index contributed by atoms with van der Waals surface area (Å²) in [6, 6.07) is 2.12. The lowest BCUT2D eigenvalue weighted by molar-refractivity contribution is 0.782. The molecule has 1 atom stereocenters. The molecule has 0 saturated heterocycles. The van der Waals surface area contributed by atoms with E-state index in [4.69, 9.17) is 5.26 Å². The van der Waals surface area contributed by atoms with Crippen molar-refractivity contribution in [2.45, 2.75) is 6.92 Å². The smallest absolute Gasteiger partial charge is 0.144 e. The summed E-state index contributed by atoms with van der Waals surface area (Å²) in [7, 11) is 0. The summed E-state index contributed by atoms with van der Waals surface area (Å²) in [4.78, 5) is 7.88. The summed E-state index contributed by atoms with van der Waals surface area (Å²) in [5.41, 5.74) is 0. The quantitative estimate of drug-likeness (QED) is 0.721. The normalized spacial score (nSPS) is 11.7. The minimum atomic E-state index is -0.00740. The average Bonchev–Trinajstić information content (AvgIpc) is 2.16. The zero-order valence-corrected chi connectivity index (χ0v) is 6.86. The zero-order valence-electron chi connectivity index (χ0n) is 6.86. The zero-order chi connectivity index (χ0) is 8.81. The molecule has 0 aliphatic carbocycles. The fraction of sp³-hybridized carbons (Fsp3) is 0.375. The van der Waals surface area contributed by atoms with E-state index in [-0.39, 0.29) is 5.92 Å². The Hall–Kier alpha value is -1.63. The van der Waals surface area contributed by atoms with Gasteiger partial charge in [-0.05, 0) is 6.92 Å². The van der Waals surface area contributed by atoms with E-state index in [9.17, 15) is 0 Å². The summed E-state index contributed by atoms with van der Waals surface area (Å²) in [6.45, 7) is 2.46. The van der Waals surface area contributed by atoms with Crippen molar-refractivity contribution in [3.05, 3.63) is 18.6 Å². The first kappa shape index (κ1) is 8.47. The summed E-state index contributed by atoms with van der Waals surface area (Å²) < 4.78 is 0. The number of aromatic nitrogens is 2. The van der Waals surface area contributed by atoms with E-state index in [1.165, 1.54) is 0 Å². The maximum atomic E-state index is 8.49. The van der Waals surface area contributed by atoms with Crippen LogP contribution in [0, 0.1) is 17.2 Å². The molecule has 0 fully saturated rings. The third-order valence-electron chi connectivity index (χ3n) is 1.37. The van der Waals surface area contributed by atoms with Gasteiger partial charge in [-0.15, -0.1) is 0 Å². The highest BCUT2D eigenvalue weighted by molar-refractivity contribution is 5.29. The number of rotatable bonds is 3. The van der Waals surface area contributed by atoms with Crippen LogP contribution >= 0.6 is 0 Å². The molecule has 1 aromatic heterocycles. The first-order valence-electron chi connectivity index (χ1n) is 3.72. The van der Waals surface area contributed by atoms with Crippen LogP contribution in [0.25, 0.3) is 0 Å².